The molecule has 14 heavy (non-hydrogen) atoms. The topological polar surface area (TPSA) is 26.0 Å². The maximum atomic E-state index is 5.75. The van der Waals surface area contributed by atoms with Crippen molar-refractivity contribution in [2.75, 3.05) is 0 Å². The van der Waals surface area contributed by atoms with E-state index in [-0.39, 0.29) is 0 Å². The number of nitrogens with two attached hydrogens (primary N) is 1. The molecular formula is C12H15NS. The highest BCUT2D eigenvalue weighted by Gasteiger charge is 1.98. The van der Waals surface area contributed by atoms with E-state index in [0.717, 1.165) is 11.3 Å². The molecule has 2 N–H and O–H groups in total. The standard InChI is InChI=1S/C12H15NS/c1-4-5-11(13)8-9(2)12-7-6-10(3)14-12/h4-8H,2,13H2,1,3H3/b5-4-,11-8+. The quantitative estimate of drug-likeness (QED) is 0.751. The molecule has 0 fully saturated rings. The first-order chi connectivity index (χ1) is 6.63. The van der Waals surface area contributed by atoms with Gasteiger partial charge in [0.1, 0.15) is 0 Å². The SMILES string of the molecule is C=C(/C=C(N)\C=C/C)c1ccc(C)s1. The van der Waals surface area contributed by atoms with Gasteiger partial charge in [0.15, 0.2) is 0 Å². The smallest absolute Gasteiger partial charge is 0.0340 e. The van der Waals surface area contributed by atoms with Gasteiger partial charge in [-0.25, -0.2) is 0 Å². The van der Waals surface area contributed by atoms with Crippen LogP contribution in [0.1, 0.15) is 16.7 Å². The lowest BCUT2D eigenvalue weighted by molar-refractivity contribution is 1.42. The fourth-order valence-corrected chi connectivity index (χ4v) is 1.93. The summed E-state index contributed by atoms with van der Waals surface area (Å²) >= 11 is 1.73. The molecule has 1 nitrogen and oxygen atoms in total. The summed E-state index contributed by atoms with van der Waals surface area (Å²) in [6, 6.07) is 4.16. The molecule has 0 aliphatic carbocycles. The molecule has 74 valence electrons. The lowest BCUT2D eigenvalue weighted by atomic mass is 10.2. The zero-order valence-corrected chi connectivity index (χ0v) is 9.40. The molecule has 1 rings (SSSR count). The summed E-state index contributed by atoms with van der Waals surface area (Å²) in [4.78, 5) is 2.47. The number of hydrogen-bond acceptors (Lipinski definition) is 2. The summed E-state index contributed by atoms with van der Waals surface area (Å²) in [5.74, 6) is 0. The average Bonchev–Trinajstić information content (AvgIpc) is 2.52. The monoisotopic (exact) mass is 205 g/mol. The van der Waals surface area contributed by atoms with Gasteiger partial charge in [0.25, 0.3) is 0 Å². The second-order valence-corrected chi connectivity index (χ2v) is 4.37. The first kappa shape index (κ1) is 10.8. The Kier molecular flexibility index (Phi) is 3.72. The fraction of sp³-hybridized carbons (Fsp3) is 0.167. The molecule has 1 aromatic heterocycles. The van der Waals surface area contributed by atoms with Gasteiger partial charge in [-0.1, -0.05) is 12.7 Å². The van der Waals surface area contributed by atoms with Gasteiger partial charge < -0.3 is 5.73 Å². The zero-order valence-electron chi connectivity index (χ0n) is 8.58. The van der Waals surface area contributed by atoms with E-state index in [0.29, 0.717) is 0 Å². The Labute approximate surface area is 89.3 Å². The lowest BCUT2D eigenvalue weighted by Gasteiger charge is -1.96. The van der Waals surface area contributed by atoms with Crippen LogP contribution in [0.4, 0.5) is 0 Å². The molecule has 0 spiro atoms. The predicted octanol–water partition coefficient (Wildman–Crippen LogP) is 3.49. The minimum atomic E-state index is 0.739. The van der Waals surface area contributed by atoms with Crippen molar-refractivity contribution in [3.8, 4) is 0 Å². The van der Waals surface area contributed by atoms with Crippen molar-refractivity contribution >= 4 is 16.9 Å². The first-order valence-electron chi connectivity index (χ1n) is 4.49. The van der Waals surface area contributed by atoms with Crippen LogP contribution in [0.2, 0.25) is 0 Å². The van der Waals surface area contributed by atoms with Crippen molar-refractivity contribution in [3.63, 3.8) is 0 Å². The molecular weight excluding hydrogens is 190 g/mol. The predicted molar refractivity (Wildman–Crippen MR) is 65.2 cm³/mol. The van der Waals surface area contributed by atoms with E-state index in [2.05, 4.69) is 25.6 Å². The molecule has 0 aromatic carbocycles. The summed E-state index contributed by atoms with van der Waals surface area (Å²) in [5, 5.41) is 0. The molecule has 1 aromatic rings. The molecule has 1 heterocycles. The third kappa shape index (κ3) is 2.89. The molecule has 0 amide bonds. The fourth-order valence-electron chi connectivity index (χ4n) is 1.12. The Morgan fingerprint density at radius 3 is 2.71 bits per heavy atom. The Balaban J connectivity index is 2.82. The highest BCUT2D eigenvalue weighted by Crippen LogP contribution is 2.23. The minimum absolute atomic E-state index is 0.739. The van der Waals surface area contributed by atoms with Gasteiger partial charge in [-0.05, 0) is 43.7 Å². The maximum Gasteiger partial charge on any atom is 0.0340 e. The van der Waals surface area contributed by atoms with E-state index in [1.165, 1.54) is 9.75 Å². The van der Waals surface area contributed by atoms with Crippen LogP contribution in [0.5, 0.6) is 0 Å². The molecule has 2 heteroatoms. The summed E-state index contributed by atoms with van der Waals surface area (Å²) in [7, 11) is 0. The summed E-state index contributed by atoms with van der Waals surface area (Å²) in [6.07, 6.45) is 5.68. The number of aryl methyl sites for hydroxylation is 1. The van der Waals surface area contributed by atoms with Crippen LogP contribution in [0, 0.1) is 6.92 Å². The second-order valence-electron chi connectivity index (χ2n) is 3.08. The van der Waals surface area contributed by atoms with Crippen LogP contribution < -0.4 is 5.73 Å². The van der Waals surface area contributed by atoms with E-state index in [1.54, 1.807) is 11.3 Å². The third-order valence-electron chi connectivity index (χ3n) is 1.76. The van der Waals surface area contributed by atoms with Crippen LogP contribution in [0.25, 0.3) is 5.57 Å². The van der Waals surface area contributed by atoms with Crippen LogP contribution >= 0.6 is 11.3 Å². The van der Waals surface area contributed by atoms with Gasteiger partial charge >= 0.3 is 0 Å². The molecule has 0 bridgehead atoms. The second kappa shape index (κ2) is 4.82. The molecule has 0 atom stereocenters. The van der Waals surface area contributed by atoms with Gasteiger partial charge in [0, 0.05) is 15.5 Å². The Morgan fingerprint density at radius 1 is 1.50 bits per heavy atom. The van der Waals surface area contributed by atoms with Crippen molar-refractivity contribution < 1.29 is 0 Å². The normalized spacial score (nSPS) is 12.3. The van der Waals surface area contributed by atoms with Gasteiger partial charge in [-0.15, -0.1) is 11.3 Å². The highest BCUT2D eigenvalue weighted by molar-refractivity contribution is 7.13. The van der Waals surface area contributed by atoms with Crippen LogP contribution in [-0.2, 0) is 0 Å². The third-order valence-corrected chi connectivity index (χ3v) is 2.83. The Hall–Kier alpha value is -1.28. The van der Waals surface area contributed by atoms with Crippen molar-refractivity contribution in [1.29, 1.82) is 0 Å². The number of thiophene rings is 1. The minimum Gasteiger partial charge on any atom is -0.399 e. The molecule has 0 radical (unpaired) electrons. The molecule has 0 unspecified atom stereocenters. The van der Waals surface area contributed by atoms with E-state index in [4.69, 9.17) is 5.73 Å². The van der Waals surface area contributed by atoms with Crippen molar-refractivity contribution in [2.45, 2.75) is 13.8 Å². The van der Waals surface area contributed by atoms with Crippen molar-refractivity contribution in [1.82, 2.24) is 0 Å². The lowest BCUT2D eigenvalue weighted by Crippen LogP contribution is -1.92. The summed E-state index contributed by atoms with van der Waals surface area (Å²) in [6.45, 7) is 8.01. The van der Waals surface area contributed by atoms with Gasteiger partial charge in [-0.2, -0.15) is 0 Å². The van der Waals surface area contributed by atoms with Crippen molar-refractivity contribution in [3.05, 3.63) is 52.4 Å². The van der Waals surface area contributed by atoms with Crippen LogP contribution in [0.3, 0.4) is 0 Å². The summed E-state index contributed by atoms with van der Waals surface area (Å²) < 4.78 is 0. The molecule has 0 aliphatic heterocycles. The highest BCUT2D eigenvalue weighted by atomic mass is 32.1. The zero-order chi connectivity index (χ0) is 10.6. The van der Waals surface area contributed by atoms with E-state index in [1.807, 2.05) is 25.2 Å². The first-order valence-corrected chi connectivity index (χ1v) is 5.30. The largest absolute Gasteiger partial charge is 0.399 e. The van der Waals surface area contributed by atoms with E-state index >= 15 is 0 Å². The van der Waals surface area contributed by atoms with Gasteiger partial charge in [-0.3, -0.25) is 0 Å². The average molecular weight is 205 g/mol. The van der Waals surface area contributed by atoms with Crippen LogP contribution in [0.15, 0.2) is 42.6 Å². The molecule has 0 saturated carbocycles. The molecule has 0 saturated heterocycles. The Bertz CT molecular complexity index is 383. The summed E-state index contributed by atoms with van der Waals surface area (Å²) in [5.41, 5.74) is 7.46. The van der Waals surface area contributed by atoms with E-state index < -0.39 is 0 Å². The van der Waals surface area contributed by atoms with Gasteiger partial charge in [0.2, 0.25) is 0 Å². The van der Waals surface area contributed by atoms with Crippen molar-refractivity contribution in [2.24, 2.45) is 5.73 Å². The van der Waals surface area contributed by atoms with E-state index in [9.17, 15) is 0 Å². The molecule has 0 aliphatic rings. The number of allylic oxidation sites excluding steroid dienone is 4. The Morgan fingerprint density at radius 2 is 2.21 bits per heavy atom. The number of rotatable bonds is 3. The van der Waals surface area contributed by atoms with Gasteiger partial charge in [0.05, 0.1) is 0 Å². The van der Waals surface area contributed by atoms with Crippen LogP contribution in [-0.4, -0.2) is 0 Å². The number of hydrogen-bond donors (Lipinski definition) is 1. The maximum absolute atomic E-state index is 5.75.